The van der Waals surface area contributed by atoms with Crippen molar-refractivity contribution >= 4 is 23.1 Å². The molecule has 0 aliphatic carbocycles. The zero-order valence-electron chi connectivity index (χ0n) is 13.4. The first-order valence-electron chi connectivity index (χ1n) is 7.11. The van der Waals surface area contributed by atoms with Crippen molar-refractivity contribution < 1.29 is 19.4 Å². The Kier molecular flexibility index (Phi) is 5.17. The van der Waals surface area contributed by atoms with Crippen molar-refractivity contribution in [3.63, 3.8) is 0 Å². The lowest BCUT2D eigenvalue weighted by atomic mass is 10.1. The molecular formula is C13H20N6O5. The summed E-state index contributed by atoms with van der Waals surface area (Å²) in [6.07, 6.45) is 0.587. The van der Waals surface area contributed by atoms with Crippen molar-refractivity contribution in [1.29, 1.82) is 0 Å². The largest absolute Gasteiger partial charge is 0.461 e. The van der Waals surface area contributed by atoms with E-state index in [0.717, 1.165) is 0 Å². The van der Waals surface area contributed by atoms with E-state index in [4.69, 9.17) is 20.9 Å². The summed E-state index contributed by atoms with van der Waals surface area (Å²) >= 11 is 0. The van der Waals surface area contributed by atoms with Gasteiger partial charge < -0.3 is 26.0 Å². The number of nitrogens with one attached hydrogen (secondary N) is 1. The topological polar surface area (TPSA) is 171 Å². The molecule has 0 radical (unpaired) electrons. The number of hydrogen-bond donors (Lipinski definition) is 4. The summed E-state index contributed by atoms with van der Waals surface area (Å²) < 4.78 is 11.9. The number of hydrogen-bond acceptors (Lipinski definition) is 9. The monoisotopic (exact) mass is 340 g/mol. The van der Waals surface area contributed by atoms with Crippen LogP contribution in [-0.4, -0.2) is 55.5 Å². The van der Waals surface area contributed by atoms with Gasteiger partial charge in [-0.15, -0.1) is 0 Å². The highest BCUT2D eigenvalue weighted by Crippen LogP contribution is 2.08. The van der Waals surface area contributed by atoms with Gasteiger partial charge in [-0.3, -0.25) is 19.1 Å². The second-order valence-electron chi connectivity index (χ2n) is 5.76. The SMILES string of the molecule is CC(C)(N)C(=O)OCC(CO)OCn1cnc2c(=O)[nH]c(N)nc21. The normalized spacial score (nSPS) is 13.2. The molecule has 0 aromatic carbocycles. The van der Waals surface area contributed by atoms with E-state index in [-0.39, 0.29) is 37.1 Å². The number of esters is 1. The maximum absolute atomic E-state index is 11.7. The summed E-state index contributed by atoms with van der Waals surface area (Å²) in [5.41, 5.74) is 9.86. The number of fused-ring (bicyclic) bond motifs is 1. The molecule has 2 aromatic rings. The number of aliphatic hydroxyl groups is 1. The number of nitrogens with zero attached hydrogens (tertiary/aromatic N) is 3. The summed E-state index contributed by atoms with van der Waals surface area (Å²) in [7, 11) is 0. The highest BCUT2D eigenvalue weighted by molar-refractivity contribution is 5.79. The molecule has 0 amide bonds. The van der Waals surface area contributed by atoms with E-state index in [1.54, 1.807) is 0 Å². The molecule has 132 valence electrons. The van der Waals surface area contributed by atoms with Crippen LogP contribution < -0.4 is 17.0 Å². The van der Waals surface area contributed by atoms with Crippen molar-refractivity contribution in [2.24, 2.45) is 5.73 Å². The van der Waals surface area contributed by atoms with E-state index in [1.165, 1.54) is 24.7 Å². The van der Waals surface area contributed by atoms with Gasteiger partial charge in [0.15, 0.2) is 11.2 Å². The van der Waals surface area contributed by atoms with Crippen LogP contribution in [0.25, 0.3) is 11.2 Å². The fourth-order valence-electron chi connectivity index (χ4n) is 1.76. The molecule has 0 aliphatic heterocycles. The van der Waals surface area contributed by atoms with E-state index in [0.29, 0.717) is 0 Å². The van der Waals surface area contributed by atoms with Crippen molar-refractivity contribution in [3.05, 3.63) is 16.7 Å². The van der Waals surface area contributed by atoms with Gasteiger partial charge in [-0.25, -0.2) is 4.98 Å². The number of rotatable bonds is 7. The first kappa shape index (κ1) is 17.8. The molecule has 2 heterocycles. The Morgan fingerprint density at radius 2 is 2.25 bits per heavy atom. The molecule has 0 saturated heterocycles. The Bertz CT molecular complexity index is 777. The Morgan fingerprint density at radius 3 is 2.88 bits per heavy atom. The highest BCUT2D eigenvalue weighted by Gasteiger charge is 2.25. The number of carbonyl (C=O) groups is 1. The predicted molar refractivity (Wildman–Crippen MR) is 83.7 cm³/mol. The zero-order valence-corrected chi connectivity index (χ0v) is 13.4. The lowest BCUT2D eigenvalue weighted by Crippen LogP contribution is -2.44. The maximum atomic E-state index is 11.7. The molecule has 0 bridgehead atoms. The number of anilines is 1. The molecule has 1 unspecified atom stereocenters. The van der Waals surface area contributed by atoms with Crippen LogP contribution in [0, 0.1) is 0 Å². The summed E-state index contributed by atoms with van der Waals surface area (Å²) in [6, 6.07) is 0. The number of nitrogen functional groups attached to an aromatic ring is 1. The van der Waals surface area contributed by atoms with Crippen molar-refractivity contribution in [1.82, 2.24) is 19.5 Å². The minimum Gasteiger partial charge on any atom is -0.461 e. The molecule has 24 heavy (non-hydrogen) atoms. The van der Waals surface area contributed by atoms with Gasteiger partial charge in [0, 0.05) is 0 Å². The number of aromatic nitrogens is 4. The molecule has 1 atom stereocenters. The number of aliphatic hydroxyl groups excluding tert-OH is 1. The molecule has 11 nitrogen and oxygen atoms in total. The molecular weight excluding hydrogens is 320 g/mol. The molecule has 0 spiro atoms. The van der Waals surface area contributed by atoms with Crippen LogP contribution in [0.3, 0.4) is 0 Å². The second kappa shape index (κ2) is 6.95. The van der Waals surface area contributed by atoms with Gasteiger partial charge in [-0.05, 0) is 13.8 Å². The zero-order chi connectivity index (χ0) is 17.9. The van der Waals surface area contributed by atoms with Crippen LogP contribution in [0.1, 0.15) is 13.8 Å². The third-order valence-electron chi connectivity index (χ3n) is 3.07. The van der Waals surface area contributed by atoms with E-state index in [9.17, 15) is 14.7 Å². The first-order chi connectivity index (χ1) is 11.2. The van der Waals surface area contributed by atoms with Gasteiger partial charge in [-0.1, -0.05) is 0 Å². The molecule has 0 saturated carbocycles. The van der Waals surface area contributed by atoms with E-state index in [2.05, 4.69) is 15.0 Å². The minimum absolute atomic E-state index is 0.0490. The molecule has 0 aliphatic rings. The number of ether oxygens (including phenoxy) is 2. The average Bonchev–Trinajstić information content (AvgIpc) is 2.89. The summed E-state index contributed by atoms with van der Waals surface area (Å²) in [4.78, 5) is 33.5. The van der Waals surface area contributed by atoms with Crippen molar-refractivity contribution in [3.8, 4) is 0 Å². The Labute approximate surface area is 136 Å². The third kappa shape index (κ3) is 4.07. The predicted octanol–water partition coefficient (Wildman–Crippen LogP) is -1.68. The van der Waals surface area contributed by atoms with Crippen molar-refractivity contribution in [2.75, 3.05) is 18.9 Å². The van der Waals surface area contributed by atoms with E-state index < -0.39 is 23.2 Å². The minimum atomic E-state index is -1.14. The van der Waals surface area contributed by atoms with Crippen LogP contribution >= 0.6 is 0 Å². The third-order valence-corrected chi connectivity index (χ3v) is 3.07. The fourth-order valence-corrected chi connectivity index (χ4v) is 1.76. The van der Waals surface area contributed by atoms with E-state index >= 15 is 0 Å². The summed E-state index contributed by atoms with van der Waals surface area (Å²) in [5, 5.41) is 9.31. The van der Waals surface area contributed by atoms with Gasteiger partial charge in [0.1, 0.15) is 25.0 Å². The summed E-state index contributed by atoms with van der Waals surface area (Å²) in [6.45, 7) is 2.41. The number of aromatic amines is 1. The quantitative estimate of drug-likeness (QED) is 0.429. The first-order valence-corrected chi connectivity index (χ1v) is 7.11. The average molecular weight is 340 g/mol. The van der Waals surface area contributed by atoms with Crippen molar-refractivity contribution in [2.45, 2.75) is 32.2 Å². The van der Waals surface area contributed by atoms with Crippen LogP contribution in [0.2, 0.25) is 0 Å². The van der Waals surface area contributed by atoms with Gasteiger partial charge in [0.2, 0.25) is 5.95 Å². The van der Waals surface area contributed by atoms with Gasteiger partial charge in [0.25, 0.3) is 5.56 Å². The lowest BCUT2D eigenvalue weighted by molar-refractivity contribution is -0.155. The Hall–Kier alpha value is -2.50. The molecule has 6 N–H and O–H groups in total. The van der Waals surface area contributed by atoms with Crippen LogP contribution in [0.5, 0.6) is 0 Å². The maximum Gasteiger partial charge on any atom is 0.325 e. The number of H-pyrrole nitrogens is 1. The van der Waals surface area contributed by atoms with Crippen LogP contribution in [0.4, 0.5) is 5.95 Å². The number of carbonyl (C=O) groups excluding carboxylic acids is 1. The van der Waals surface area contributed by atoms with Gasteiger partial charge in [0.05, 0.1) is 12.9 Å². The van der Waals surface area contributed by atoms with Crippen LogP contribution in [0.15, 0.2) is 11.1 Å². The Morgan fingerprint density at radius 1 is 1.54 bits per heavy atom. The van der Waals surface area contributed by atoms with E-state index in [1.807, 2.05) is 0 Å². The number of imidazole rings is 1. The smallest absolute Gasteiger partial charge is 0.325 e. The van der Waals surface area contributed by atoms with Gasteiger partial charge in [-0.2, -0.15) is 4.98 Å². The second-order valence-corrected chi connectivity index (χ2v) is 5.76. The summed E-state index contributed by atoms with van der Waals surface area (Å²) in [5.74, 6) is -0.661. The highest BCUT2D eigenvalue weighted by atomic mass is 16.6. The molecule has 2 aromatic heterocycles. The molecule has 2 rings (SSSR count). The van der Waals surface area contributed by atoms with Crippen LogP contribution in [-0.2, 0) is 21.0 Å². The fraction of sp³-hybridized carbons (Fsp3) is 0.538. The molecule has 11 heteroatoms. The number of nitrogens with two attached hydrogens (primary N) is 2. The lowest BCUT2D eigenvalue weighted by Gasteiger charge is -2.20. The Balaban J connectivity index is 2.01. The standard InChI is InChI=1S/C13H20N6O5/c1-13(2,15)11(22)23-4-7(3-20)24-6-19-5-16-8-9(19)17-12(14)18-10(8)21/h5,7,20H,3-4,6,15H2,1-2H3,(H3,14,17,18,21). The molecule has 0 fully saturated rings. The van der Waals surface area contributed by atoms with Gasteiger partial charge >= 0.3 is 5.97 Å².